The van der Waals surface area contributed by atoms with Crippen molar-refractivity contribution in [3.8, 4) is 0 Å². The molecule has 0 spiro atoms. The van der Waals surface area contributed by atoms with E-state index in [1.807, 2.05) is 0 Å². The third kappa shape index (κ3) is 2.91. The number of rotatable bonds is 4. The fourth-order valence-corrected chi connectivity index (χ4v) is 1.64. The summed E-state index contributed by atoms with van der Waals surface area (Å²) in [5, 5.41) is 8.87. The van der Waals surface area contributed by atoms with E-state index in [4.69, 9.17) is 16.7 Å². The van der Waals surface area contributed by atoms with E-state index in [1.165, 1.54) is 17.3 Å². The highest BCUT2D eigenvalue weighted by Crippen LogP contribution is 2.27. The smallest absolute Gasteiger partial charge is 0.323 e. The highest BCUT2D eigenvalue weighted by molar-refractivity contribution is 6.29. The number of carboxylic acid groups (broad SMARTS) is 1. The number of aromatic nitrogens is 2. The van der Waals surface area contributed by atoms with E-state index in [0.717, 1.165) is 12.8 Å². The maximum atomic E-state index is 12.0. The van der Waals surface area contributed by atoms with Gasteiger partial charge in [-0.25, -0.2) is 4.98 Å². The molecule has 0 bridgehead atoms. The van der Waals surface area contributed by atoms with Crippen molar-refractivity contribution in [2.24, 2.45) is 0 Å². The minimum atomic E-state index is -1.04. The molecular weight excluding hydrogens is 246 g/mol. The number of halogens is 1. The quantitative estimate of drug-likeness (QED) is 0.861. The van der Waals surface area contributed by atoms with Crippen LogP contribution in [0.2, 0.25) is 5.15 Å². The van der Waals surface area contributed by atoms with Crippen molar-refractivity contribution in [3.05, 3.63) is 23.2 Å². The number of carbonyl (C=O) groups is 2. The monoisotopic (exact) mass is 255 g/mol. The lowest BCUT2D eigenvalue weighted by Crippen LogP contribution is -2.37. The first-order valence-corrected chi connectivity index (χ1v) is 5.46. The highest BCUT2D eigenvalue weighted by atomic mass is 35.5. The van der Waals surface area contributed by atoms with Crippen molar-refractivity contribution in [3.63, 3.8) is 0 Å². The minimum Gasteiger partial charge on any atom is -0.480 e. The van der Waals surface area contributed by atoms with E-state index in [9.17, 15) is 9.59 Å². The van der Waals surface area contributed by atoms with E-state index in [2.05, 4.69) is 9.97 Å². The number of hydrogen-bond acceptors (Lipinski definition) is 4. The molecule has 0 saturated heterocycles. The summed E-state index contributed by atoms with van der Waals surface area (Å²) >= 11 is 5.63. The molecular formula is C10H10ClN3O3. The van der Waals surface area contributed by atoms with Crippen LogP contribution in [0.1, 0.15) is 23.3 Å². The first kappa shape index (κ1) is 11.8. The fourth-order valence-electron chi connectivity index (χ4n) is 1.49. The number of nitrogens with zero attached hydrogens (tertiary/aromatic N) is 3. The summed E-state index contributed by atoms with van der Waals surface area (Å²) in [7, 11) is 0. The van der Waals surface area contributed by atoms with Crippen LogP contribution in [0.4, 0.5) is 0 Å². The van der Waals surface area contributed by atoms with E-state index in [0.29, 0.717) is 0 Å². The number of amides is 1. The predicted octanol–water partition coefficient (Wildman–Crippen LogP) is 0.819. The van der Waals surface area contributed by atoms with Gasteiger partial charge in [-0.05, 0) is 12.8 Å². The van der Waals surface area contributed by atoms with E-state index < -0.39 is 11.9 Å². The van der Waals surface area contributed by atoms with Gasteiger partial charge in [0.1, 0.15) is 17.4 Å². The predicted molar refractivity (Wildman–Crippen MR) is 58.7 cm³/mol. The topological polar surface area (TPSA) is 83.4 Å². The van der Waals surface area contributed by atoms with Gasteiger partial charge in [0.15, 0.2) is 0 Å². The molecule has 1 aliphatic rings. The molecule has 1 saturated carbocycles. The third-order valence-electron chi connectivity index (χ3n) is 2.38. The van der Waals surface area contributed by atoms with E-state index in [1.54, 1.807) is 0 Å². The molecule has 1 N–H and O–H groups in total. The molecule has 6 nitrogen and oxygen atoms in total. The van der Waals surface area contributed by atoms with Gasteiger partial charge in [0.25, 0.3) is 5.91 Å². The lowest BCUT2D eigenvalue weighted by atomic mass is 10.3. The van der Waals surface area contributed by atoms with Crippen molar-refractivity contribution in [1.82, 2.24) is 14.9 Å². The van der Waals surface area contributed by atoms with Crippen molar-refractivity contribution in [2.45, 2.75) is 18.9 Å². The molecule has 0 aromatic carbocycles. The molecule has 1 amide bonds. The fraction of sp³-hybridized carbons (Fsp3) is 0.400. The maximum absolute atomic E-state index is 12.0. The van der Waals surface area contributed by atoms with Crippen LogP contribution in [0.15, 0.2) is 12.4 Å². The Hall–Kier alpha value is -1.69. The average molecular weight is 256 g/mol. The van der Waals surface area contributed by atoms with Gasteiger partial charge < -0.3 is 10.0 Å². The second-order valence-electron chi connectivity index (χ2n) is 3.79. The molecule has 90 valence electrons. The molecule has 1 fully saturated rings. The van der Waals surface area contributed by atoms with Gasteiger partial charge in [-0.1, -0.05) is 11.6 Å². The Balaban J connectivity index is 2.18. The third-order valence-corrected chi connectivity index (χ3v) is 2.56. The molecule has 0 aliphatic heterocycles. The van der Waals surface area contributed by atoms with Gasteiger partial charge >= 0.3 is 5.97 Å². The van der Waals surface area contributed by atoms with Crippen LogP contribution in [0.25, 0.3) is 0 Å². The molecule has 1 aromatic heterocycles. The lowest BCUT2D eigenvalue weighted by Gasteiger charge is -2.19. The largest absolute Gasteiger partial charge is 0.480 e. The summed E-state index contributed by atoms with van der Waals surface area (Å²) in [6.07, 6.45) is 4.25. The zero-order valence-corrected chi connectivity index (χ0v) is 9.59. The number of carboxylic acids is 1. The summed E-state index contributed by atoms with van der Waals surface area (Å²) in [6.45, 7) is -0.322. The second-order valence-corrected chi connectivity index (χ2v) is 4.17. The van der Waals surface area contributed by atoms with Crippen molar-refractivity contribution < 1.29 is 14.7 Å². The van der Waals surface area contributed by atoms with Crippen molar-refractivity contribution in [1.29, 1.82) is 0 Å². The van der Waals surface area contributed by atoms with Crippen molar-refractivity contribution >= 4 is 23.5 Å². The number of aliphatic carboxylic acids is 1. The first-order chi connectivity index (χ1) is 8.08. The summed E-state index contributed by atoms with van der Waals surface area (Å²) in [5.41, 5.74) is 0.0747. The summed E-state index contributed by atoms with van der Waals surface area (Å²) in [4.78, 5) is 31.6. The normalized spacial score (nSPS) is 14.4. The maximum Gasteiger partial charge on any atom is 0.323 e. The van der Waals surface area contributed by atoms with Gasteiger partial charge in [-0.3, -0.25) is 14.6 Å². The van der Waals surface area contributed by atoms with E-state index in [-0.39, 0.29) is 23.4 Å². The van der Waals surface area contributed by atoms with Gasteiger partial charge in [0.2, 0.25) is 0 Å². The standard InChI is InChI=1S/C10H10ClN3O3/c11-8-4-12-3-7(13-8)10(17)14(5-9(15)16)6-1-2-6/h3-4,6H,1-2,5H2,(H,15,16). The van der Waals surface area contributed by atoms with Crippen LogP contribution in [0.5, 0.6) is 0 Å². The minimum absolute atomic E-state index is 0.000573. The van der Waals surface area contributed by atoms with E-state index >= 15 is 0 Å². The molecule has 1 aromatic rings. The lowest BCUT2D eigenvalue weighted by molar-refractivity contribution is -0.137. The summed E-state index contributed by atoms with van der Waals surface area (Å²) in [5.74, 6) is -1.48. The Bertz CT molecular complexity index is 462. The van der Waals surface area contributed by atoms with Crippen LogP contribution in [-0.2, 0) is 4.79 Å². The first-order valence-electron chi connectivity index (χ1n) is 5.08. The number of carbonyl (C=O) groups excluding carboxylic acids is 1. The Morgan fingerprint density at radius 1 is 1.47 bits per heavy atom. The molecule has 1 heterocycles. The zero-order chi connectivity index (χ0) is 12.4. The summed E-state index contributed by atoms with van der Waals surface area (Å²) < 4.78 is 0. The molecule has 0 radical (unpaired) electrons. The van der Waals surface area contributed by atoms with Gasteiger partial charge in [-0.2, -0.15) is 0 Å². The molecule has 17 heavy (non-hydrogen) atoms. The highest BCUT2D eigenvalue weighted by Gasteiger charge is 2.34. The molecule has 1 aliphatic carbocycles. The second kappa shape index (κ2) is 4.67. The molecule has 0 unspecified atom stereocenters. The van der Waals surface area contributed by atoms with Crippen LogP contribution in [0.3, 0.4) is 0 Å². The number of hydrogen-bond donors (Lipinski definition) is 1. The molecule has 0 atom stereocenters. The average Bonchev–Trinajstić information content (AvgIpc) is 3.08. The van der Waals surface area contributed by atoms with Crippen molar-refractivity contribution in [2.75, 3.05) is 6.54 Å². The SMILES string of the molecule is O=C(O)CN(C(=O)c1cncc(Cl)n1)C1CC1. The Morgan fingerprint density at radius 3 is 2.71 bits per heavy atom. The van der Waals surface area contributed by atoms with Crippen LogP contribution < -0.4 is 0 Å². The van der Waals surface area contributed by atoms with Crippen LogP contribution in [0, 0.1) is 0 Å². The van der Waals surface area contributed by atoms with Crippen LogP contribution >= 0.6 is 11.6 Å². The Labute approximate surface area is 102 Å². The molecule has 2 rings (SSSR count). The Morgan fingerprint density at radius 2 is 2.18 bits per heavy atom. The molecule has 7 heteroatoms. The summed E-state index contributed by atoms with van der Waals surface area (Å²) in [6, 6.07) is -0.000573. The zero-order valence-electron chi connectivity index (χ0n) is 8.84. The Kier molecular flexibility index (Phi) is 3.23. The van der Waals surface area contributed by atoms with Gasteiger partial charge in [-0.15, -0.1) is 0 Å². The van der Waals surface area contributed by atoms with Crippen LogP contribution in [-0.4, -0.2) is 44.4 Å². The van der Waals surface area contributed by atoms with Gasteiger partial charge in [0.05, 0.1) is 12.4 Å². The van der Waals surface area contributed by atoms with Gasteiger partial charge in [0, 0.05) is 6.04 Å².